The smallest absolute Gasteiger partial charge is 0.419 e. The second-order valence-electron chi connectivity index (χ2n) is 3.80. The SMILES string of the molecule is O=C(O)c1cc(C2OCCO2)c(F)c(C(F)(F)F)c1. The zero-order chi connectivity index (χ0) is 14.2. The first-order chi connectivity index (χ1) is 8.80. The number of alkyl halides is 3. The number of hydrogen-bond donors (Lipinski definition) is 1. The summed E-state index contributed by atoms with van der Waals surface area (Å²) in [5.41, 5.74) is -2.89. The molecule has 0 aromatic heterocycles. The summed E-state index contributed by atoms with van der Waals surface area (Å²) in [6, 6.07) is 1.03. The molecule has 8 heteroatoms. The van der Waals surface area contributed by atoms with E-state index in [0.717, 1.165) is 6.07 Å². The van der Waals surface area contributed by atoms with E-state index in [0.29, 0.717) is 0 Å². The monoisotopic (exact) mass is 280 g/mol. The van der Waals surface area contributed by atoms with Gasteiger partial charge in [-0.1, -0.05) is 0 Å². The molecule has 19 heavy (non-hydrogen) atoms. The summed E-state index contributed by atoms with van der Waals surface area (Å²) >= 11 is 0. The minimum Gasteiger partial charge on any atom is -0.478 e. The molecular formula is C11H8F4O4. The van der Waals surface area contributed by atoms with Crippen LogP contribution in [0.3, 0.4) is 0 Å². The first-order valence-corrected chi connectivity index (χ1v) is 5.18. The predicted octanol–water partition coefficient (Wildman–Crippen LogP) is 2.59. The van der Waals surface area contributed by atoms with Crippen molar-refractivity contribution in [2.45, 2.75) is 12.5 Å². The largest absolute Gasteiger partial charge is 0.478 e. The van der Waals surface area contributed by atoms with Gasteiger partial charge in [-0.05, 0) is 12.1 Å². The van der Waals surface area contributed by atoms with Gasteiger partial charge < -0.3 is 14.6 Å². The van der Waals surface area contributed by atoms with Crippen molar-refractivity contribution in [1.82, 2.24) is 0 Å². The molecule has 1 N–H and O–H groups in total. The summed E-state index contributed by atoms with van der Waals surface area (Å²) < 4.78 is 61.5. The Hall–Kier alpha value is -1.67. The van der Waals surface area contributed by atoms with Crippen LogP contribution in [0.1, 0.15) is 27.8 Å². The Morgan fingerprint density at radius 3 is 2.32 bits per heavy atom. The molecule has 0 atom stereocenters. The number of halogens is 4. The maximum Gasteiger partial charge on any atom is 0.419 e. The lowest BCUT2D eigenvalue weighted by Gasteiger charge is -2.16. The maximum absolute atomic E-state index is 13.8. The molecule has 0 radical (unpaired) electrons. The van der Waals surface area contributed by atoms with Crippen molar-refractivity contribution in [2.24, 2.45) is 0 Å². The van der Waals surface area contributed by atoms with Crippen molar-refractivity contribution in [3.05, 3.63) is 34.6 Å². The summed E-state index contributed by atoms with van der Waals surface area (Å²) in [5.74, 6) is -3.17. The Kier molecular flexibility index (Phi) is 3.46. The summed E-state index contributed by atoms with van der Waals surface area (Å²) in [5, 5.41) is 8.76. The molecule has 0 aliphatic carbocycles. The summed E-state index contributed by atoms with van der Waals surface area (Å²) in [6.07, 6.45) is -6.32. The molecule has 1 saturated heterocycles. The molecule has 1 aliphatic rings. The Bertz CT molecular complexity index is 506. The van der Waals surface area contributed by atoms with Gasteiger partial charge in [0.05, 0.1) is 24.3 Å². The third-order valence-electron chi connectivity index (χ3n) is 2.53. The van der Waals surface area contributed by atoms with Gasteiger partial charge in [-0.15, -0.1) is 0 Å². The van der Waals surface area contributed by atoms with Crippen molar-refractivity contribution in [2.75, 3.05) is 13.2 Å². The first kappa shape index (κ1) is 13.8. The highest BCUT2D eigenvalue weighted by Crippen LogP contribution is 2.36. The van der Waals surface area contributed by atoms with E-state index in [-0.39, 0.29) is 19.3 Å². The van der Waals surface area contributed by atoms with Crippen molar-refractivity contribution in [3.8, 4) is 0 Å². The average molecular weight is 280 g/mol. The molecule has 104 valence electrons. The predicted molar refractivity (Wildman–Crippen MR) is 53.0 cm³/mol. The van der Waals surface area contributed by atoms with Crippen molar-refractivity contribution in [3.63, 3.8) is 0 Å². The Morgan fingerprint density at radius 1 is 1.26 bits per heavy atom. The fourth-order valence-corrected chi connectivity index (χ4v) is 1.69. The summed E-state index contributed by atoms with van der Waals surface area (Å²) in [7, 11) is 0. The lowest BCUT2D eigenvalue weighted by atomic mass is 10.0. The van der Waals surface area contributed by atoms with Crippen molar-refractivity contribution in [1.29, 1.82) is 0 Å². The molecule has 1 aliphatic heterocycles. The molecule has 0 bridgehead atoms. The van der Waals surface area contributed by atoms with Gasteiger partial charge in [0.1, 0.15) is 5.82 Å². The van der Waals surface area contributed by atoms with E-state index in [4.69, 9.17) is 14.6 Å². The molecule has 1 aromatic carbocycles. The van der Waals surface area contributed by atoms with Gasteiger partial charge in [0, 0.05) is 5.56 Å². The van der Waals surface area contributed by atoms with Crippen LogP contribution in [0.5, 0.6) is 0 Å². The van der Waals surface area contributed by atoms with Crippen LogP contribution in [0.25, 0.3) is 0 Å². The second-order valence-corrected chi connectivity index (χ2v) is 3.80. The second kappa shape index (κ2) is 4.78. The van der Waals surface area contributed by atoms with E-state index in [1.807, 2.05) is 0 Å². The van der Waals surface area contributed by atoms with Crippen LogP contribution in [0.4, 0.5) is 17.6 Å². The first-order valence-electron chi connectivity index (χ1n) is 5.18. The van der Waals surface area contributed by atoms with Gasteiger partial charge in [0.2, 0.25) is 0 Å². The van der Waals surface area contributed by atoms with E-state index >= 15 is 0 Å². The van der Waals surface area contributed by atoms with Crippen LogP contribution in [0, 0.1) is 5.82 Å². The molecule has 1 fully saturated rings. The number of rotatable bonds is 2. The Morgan fingerprint density at radius 2 is 1.84 bits per heavy atom. The van der Waals surface area contributed by atoms with Gasteiger partial charge >= 0.3 is 12.1 Å². The fourth-order valence-electron chi connectivity index (χ4n) is 1.69. The van der Waals surface area contributed by atoms with Gasteiger partial charge in [-0.3, -0.25) is 0 Å². The summed E-state index contributed by atoms with van der Waals surface area (Å²) in [6.45, 7) is 0.200. The summed E-state index contributed by atoms with van der Waals surface area (Å²) in [4.78, 5) is 10.8. The average Bonchev–Trinajstić information content (AvgIpc) is 2.80. The van der Waals surface area contributed by atoms with E-state index < -0.39 is 40.9 Å². The van der Waals surface area contributed by atoms with Crippen LogP contribution in [0.2, 0.25) is 0 Å². The molecule has 1 aromatic rings. The molecule has 0 amide bonds. The van der Waals surface area contributed by atoms with E-state index in [9.17, 15) is 22.4 Å². The van der Waals surface area contributed by atoms with Gasteiger partial charge in [0.15, 0.2) is 6.29 Å². The molecule has 0 saturated carbocycles. The van der Waals surface area contributed by atoms with Crippen LogP contribution in [-0.4, -0.2) is 24.3 Å². The number of ether oxygens (including phenoxy) is 2. The zero-order valence-electron chi connectivity index (χ0n) is 9.33. The quantitative estimate of drug-likeness (QED) is 0.846. The van der Waals surface area contributed by atoms with Crippen LogP contribution in [0.15, 0.2) is 12.1 Å². The van der Waals surface area contributed by atoms with Crippen LogP contribution < -0.4 is 0 Å². The maximum atomic E-state index is 13.8. The van der Waals surface area contributed by atoms with E-state index in [2.05, 4.69) is 0 Å². The lowest BCUT2D eigenvalue weighted by Crippen LogP contribution is -2.15. The topological polar surface area (TPSA) is 55.8 Å². The van der Waals surface area contributed by atoms with Crippen LogP contribution >= 0.6 is 0 Å². The van der Waals surface area contributed by atoms with Crippen LogP contribution in [-0.2, 0) is 15.7 Å². The number of carboxylic acid groups (broad SMARTS) is 1. The highest BCUT2D eigenvalue weighted by atomic mass is 19.4. The molecule has 0 unspecified atom stereocenters. The number of carbonyl (C=O) groups is 1. The number of carboxylic acids is 1. The van der Waals surface area contributed by atoms with Gasteiger partial charge in [-0.25, -0.2) is 9.18 Å². The third kappa shape index (κ3) is 2.69. The van der Waals surface area contributed by atoms with Crippen molar-refractivity contribution < 1.29 is 36.9 Å². The van der Waals surface area contributed by atoms with Gasteiger partial charge in [0.25, 0.3) is 0 Å². The standard InChI is InChI=1S/C11H8F4O4/c12-8-6(10-18-1-2-19-10)3-5(9(16)17)4-7(8)11(13,14)15/h3-4,10H,1-2H2,(H,16,17). The zero-order valence-corrected chi connectivity index (χ0v) is 9.33. The lowest BCUT2D eigenvalue weighted by molar-refractivity contribution is -0.140. The van der Waals surface area contributed by atoms with E-state index in [1.54, 1.807) is 0 Å². The normalized spacial score (nSPS) is 16.8. The highest BCUT2D eigenvalue weighted by Gasteiger charge is 2.38. The fraction of sp³-hybridized carbons (Fsp3) is 0.364. The minimum atomic E-state index is -5.00. The van der Waals surface area contributed by atoms with Gasteiger partial charge in [-0.2, -0.15) is 13.2 Å². The molecule has 4 nitrogen and oxygen atoms in total. The molecular weight excluding hydrogens is 272 g/mol. The Labute approximate surface area is 104 Å². The highest BCUT2D eigenvalue weighted by molar-refractivity contribution is 5.88. The number of hydrogen-bond acceptors (Lipinski definition) is 3. The molecule has 2 rings (SSSR count). The minimum absolute atomic E-state index is 0.1000. The third-order valence-corrected chi connectivity index (χ3v) is 2.53. The molecule has 0 spiro atoms. The van der Waals surface area contributed by atoms with E-state index in [1.165, 1.54) is 0 Å². The number of benzene rings is 1. The Balaban J connectivity index is 2.58. The number of aromatic carboxylic acids is 1. The molecule has 1 heterocycles. The van der Waals surface area contributed by atoms with Crippen molar-refractivity contribution >= 4 is 5.97 Å².